The highest BCUT2D eigenvalue weighted by Gasteiger charge is 2.32. The number of piperidine rings is 2. The fraction of sp³-hybridized carbons (Fsp3) is 0.950. The largest absolute Gasteiger partial charge is 0.341 e. The van der Waals surface area contributed by atoms with E-state index in [-0.39, 0.29) is 6.04 Å². The minimum atomic E-state index is 0.0548. The standard InChI is InChI=1S/C20H37N3O/c1-17(20(24)21(2)18-9-5-3-6-10-18)22-15-11-19(12-16-22)23-13-7-4-8-14-23/h17-19H,3-16H2,1-2H3. The fourth-order valence-corrected chi connectivity index (χ4v) is 5.02. The number of carbonyl (C=O) groups excluding carboxylic acids is 1. The molecule has 24 heavy (non-hydrogen) atoms. The summed E-state index contributed by atoms with van der Waals surface area (Å²) in [6.45, 7) is 6.90. The van der Waals surface area contributed by atoms with Crippen molar-refractivity contribution < 1.29 is 4.79 Å². The highest BCUT2D eigenvalue weighted by atomic mass is 16.2. The van der Waals surface area contributed by atoms with E-state index in [0.29, 0.717) is 11.9 Å². The fourth-order valence-electron chi connectivity index (χ4n) is 5.02. The lowest BCUT2D eigenvalue weighted by Crippen LogP contribution is -2.54. The topological polar surface area (TPSA) is 26.8 Å². The average molecular weight is 336 g/mol. The van der Waals surface area contributed by atoms with Crippen molar-refractivity contribution >= 4 is 5.91 Å². The SMILES string of the molecule is CC(C(=O)N(C)C1CCCCC1)N1CCC(N2CCCCC2)CC1. The third-order valence-corrected chi connectivity index (χ3v) is 6.78. The monoisotopic (exact) mass is 335 g/mol. The lowest BCUT2D eigenvalue weighted by atomic mass is 9.94. The molecule has 0 spiro atoms. The van der Waals surface area contributed by atoms with E-state index >= 15 is 0 Å². The quantitative estimate of drug-likeness (QED) is 0.790. The van der Waals surface area contributed by atoms with Crippen molar-refractivity contribution in [3.05, 3.63) is 0 Å². The van der Waals surface area contributed by atoms with Crippen LogP contribution in [0.3, 0.4) is 0 Å². The summed E-state index contributed by atoms with van der Waals surface area (Å²) in [5, 5.41) is 0. The van der Waals surface area contributed by atoms with Crippen molar-refractivity contribution in [2.75, 3.05) is 33.2 Å². The molecule has 1 amide bonds. The lowest BCUT2D eigenvalue weighted by molar-refractivity contribution is -0.138. The molecule has 3 fully saturated rings. The molecule has 138 valence electrons. The molecule has 3 rings (SSSR count). The highest BCUT2D eigenvalue weighted by Crippen LogP contribution is 2.25. The van der Waals surface area contributed by atoms with Gasteiger partial charge in [0.25, 0.3) is 0 Å². The number of hydrogen-bond donors (Lipinski definition) is 0. The number of carbonyl (C=O) groups is 1. The Morgan fingerprint density at radius 2 is 1.46 bits per heavy atom. The molecule has 1 saturated carbocycles. The summed E-state index contributed by atoms with van der Waals surface area (Å²) < 4.78 is 0. The van der Waals surface area contributed by atoms with E-state index < -0.39 is 0 Å². The van der Waals surface area contributed by atoms with E-state index in [0.717, 1.165) is 19.1 Å². The maximum absolute atomic E-state index is 12.9. The van der Waals surface area contributed by atoms with Gasteiger partial charge in [0.15, 0.2) is 0 Å². The van der Waals surface area contributed by atoms with Crippen LogP contribution in [0, 0.1) is 0 Å². The van der Waals surface area contributed by atoms with Crippen LogP contribution in [0.15, 0.2) is 0 Å². The normalized spacial score (nSPS) is 27.1. The van der Waals surface area contributed by atoms with E-state index in [1.807, 2.05) is 7.05 Å². The van der Waals surface area contributed by atoms with Crippen LogP contribution in [0.25, 0.3) is 0 Å². The predicted molar refractivity (Wildman–Crippen MR) is 99.1 cm³/mol. The summed E-state index contributed by atoms with van der Waals surface area (Å²) >= 11 is 0. The number of amides is 1. The summed E-state index contributed by atoms with van der Waals surface area (Å²) in [7, 11) is 2.04. The summed E-state index contributed by atoms with van der Waals surface area (Å²) in [4.78, 5) is 20.1. The third-order valence-electron chi connectivity index (χ3n) is 6.78. The second-order valence-electron chi connectivity index (χ2n) is 8.28. The van der Waals surface area contributed by atoms with Crippen LogP contribution in [0.1, 0.15) is 71.1 Å². The van der Waals surface area contributed by atoms with Gasteiger partial charge in [-0.25, -0.2) is 0 Å². The van der Waals surface area contributed by atoms with Crippen LogP contribution in [0.4, 0.5) is 0 Å². The van der Waals surface area contributed by atoms with E-state index in [9.17, 15) is 4.79 Å². The maximum Gasteiger partial charge on any atom is 0.239 e. The van der Waals surface area contributed by atoms with Gasteiger partial charge in [-0.3, -0.25) is 9.69 Å². The number of rotatable bonds is 4. The summed E-state index contributed by atoms with van der Waals surface area (Å²) in [5.41, 5.74) is 0. The average Bonchev–Trinajstić information content (AvgIpc) is 2.68. The second kappa shape index (κ2) is 8.66. The number of likely N-dealkylation sites (tertiary alicyclic amines) is 2. The van der Waals surface area contributed by atoms with Crippen LogP contribution in [0.2, 0.25) is 0 Å². The third kappa shape index (κ3) is 4.32. The molecule has 4 heteroatoms. The molecular weight excluding hydrogens is 298 g/mol. The molecule has 1 atom stereocenters. The molecule has 2 saturated heterocycles. The van der Waals surface area contributed by atoms with Crippen molar-refractivity contribution in [3.8, 4) is 0 Å². The van der Waals surface area contributed by atoms with Gasteiger partial charge in [0.05, 0.1) is 6.04 Å². The Kier molecular flexibility index (Phi) is 6.56. The number of likely N-dealkylation sites (N-methyl/N-ethyl adjacent to an activating group) is 1. The molecule has 0 aromatic rings. The van der Waals surface area contributed by atoms with Gasteiger partial charge in [0, 0.05) is 32.2 Å². The molecule has 0 aromatic heterocycles. The molecule has 2 aliphatic heterocycles. The lowest BCUT2D eigenvalue weighted by Gasteiger charge is -2.42. The zero-order chi connectivity index (χ0) is 16.9. The van der Waals surface area contributed by atoms with Gasteiger partial charge in [-0.2, -0.15) is 0 Å². The van der Waals surface area contributed by atoms with Crippen LogP contribution >= 0.6 is 0 Å². The van der Waals surface area contributed by atoms with E-state index in [4.69, 9.17) is 0 Å². The minimum absolute atomic E-state index is 0.0548. The number of nitrogens with zero attached hydrogens (tertiary/aromatic N) is 3. The molecule has 3 aliphatic rings. The zero-order valence-electron chi connectivity index (χ0n) is 15.9. The molecular formula is C20H37N3O. The van der Waals surface area contributed by atoms with Crippen LogP contribution in [0.5, 0.6) is 0 Å². The van der Waals surface area contributed by atoms with Gasteiger partial charge in [-0.1, -0.05) is 25.7 Å². The van der Waals surface area contributed by atoms with Gasteiger partial charge >= 0.3 is 0 Å². The molecule has 0 radical (unpaired) electrons. The molecule has 1 aliphatic carbocycles. The maximum atomic E-state index is 12.9. The molecule has 1 unspecified atom stereocenters. The van der Waals surface area contributed by atoms with Crippen LogP contribution < -0.4 is 0 Å². The molecule has 0 bridgehead atoms. The first-order valence-electron chi connectivity index (χ1n) is 10.4. The van der Waals surface area contributed by atoms with E-state index in [1.165, 1.54) is 77.3 Å². The van der Waals surface area contributed by atoms with Crippen LogP contribution in [-0.2, 0) is 4.79 Å². The van der Waals surface area contributed by atoms with Crippen molar-refractivity contribution in [1.29, 1.82) is 0 Å². The van der Waals surface area contributed by atoms with Gasteiger partial charge in [0.1, 0.15) is 0 Å². The van der Waals surface area contributed by atoms with Crippen molar-refractivity contribution in [2.45, 2.75) is 89.3 Å². The van der Waals surface area contributed by atoms with E-state index in [1.54, 1.807) is 0 Å². The van der Waals surface area contributed by atoms with Gasteiger partial charge in [0.2, 0.25) is 5.91 Å². The van der Waals surface area contributed by atoms with Gasteiger partial charge in [-0.05, 0) is 58.5 Å². The van der Waals surface area contributed by atoms with Gasteiger partial charge in [-0.15, -0.1) is 0 Å². The summed E-state index contributed by atoms with van der Waals surface area (Å²) in [6.07, 6.45) is 13.0. The molecule has 0 N–H and O–H groups in total. The van der Waals surface area contributed by atoms with E-state index in [2.05, 4.69) is 21.6 Å². The van der Waals surface area contributed by atoms with Gasteiger partial charge < -0.3 is 9.80 Å². The molecule has 4 nitrogen and oxygen atoms in total. The molecule has 0 aromatic carbocycles. The van der Waals surface area contributed by atoms with Crippen molar-refractivity contribution in [1.82, 2.24) is 14.7 Å². The predicted octanol–water partition coefficient (Wildman–Crippen LogP) is 3.12. The first-order valence-corrected chi connectivity index (χ1v) is 10.4. The smallest absolute Gasteiger partial charge is 0.239 e. The Morgan fingerprint density at radius 1 is 0.875 bits per heavy atom. The van der Waals surface area contributed by atoms with Crippen molar-refractivity contribution in [3.63, 3.8) is 0 Å². The Bertz CT molecular complexity index is 394. The van der Waals surface area contributed by atoms with Crippen LogP contribution in [-0.4, -0.2) is 72.0 Å². The summed E-state index contributed by atoms with van der Waals surface area (Å²) in [5.74, 6) is 0.346. The first kappa shape index (κ1) is 18.2. The Morgan fingerprint density at radius 3 is 2.08 bits per heavy atom. The Balaban J connectivity index is 1.47. The van der Waals surface area contributed by atoms with Crippen molar-refractivity contribution in [2.24, 2.45) is 0 Å². The zero-order valence-corrected chi connectivity index (χ0v) is 15.9. The number of hydrogen-bond acceptors (Lipinski definition) is 3. The first-order chi connectivity index (χ1) is 11.7. The second-order valence-corrected chi connectivity index (χ2v) is 8.28. The molecule has 2 heterocycles. The minimum Gasteiger partial charge on any atom is -0.341 e. The Labute approximate surface area is 148 Å². The Hall–Kier alpha value is -0.610. The highest BCUT2D eigenvalue weighted by molar-refractivity contribution is 5.81. The summed E-state index contributed by atoms with van der Waals surface area (Å²) in [6, 6.07) is 1.30.